The van der Waals surface area contributed by atoms with Crippen LogP contribution in [0.15, 0.2) is 17.5 Å². The van der Waals surface area contributed by atoms with E-state index in [1.54, 1.807) is 23.2 Å². The molecule has 1 saturated carbocycles. The molecule has 2 amide bonds. The lowest BCUT2D eigenvalue weighted by molar-refractivity contribution is -0.135. The Balaban J connectivity index is 1.60. The van der Waals surface area contributed by atoms with Crippen LogP contribution in [-0.4, -0.2) is 54.6 Å². The molecular weight excluding hydrogens is 288 g/mol. The van der Waals surface area contributed by atoms with Crippen LogP contribution >= 0.6 is 11.3 Å². The summed E-state index contributed by atoms with van der Waals surface area (Å²) in [5.41, 5.74) is -0.264. The molecule has 0 spiro atoms. The second-order valence-corrected chi connectivity index (χ2v) is 6.49. The molecule has 3 rings (SSSR count). The van der Waals surface area contributed by atoms with Crippen molar-refractivity contribution in [2.45, 2.75) is 25.2 Å². The van der Waals surface area contributed by atoms with Gasteiger partial charge in [-0.2, -0.15) is 0 Å². The van der Waals surface area contributed by atoms with Crippen LogP contribution in [0.5, 0.6) is 0 Å². The summed E-state index contributed by atoms with van der Waals surface area (Å²) in [6.45, 7) is 4.51. The smallest absolute Gasteiger partial charge is 0.409 e. The summed E-state index contributed by atoms with van der Waals surface area (Å²) in [7, 11) is 0. The third-order valence-corrected chi connectivity index (χ3v) is 5.32. The van der Waals surface area contributed by atoms with Crippen molar-refractivity contribution in [3.05, 3.63) is 22.4 Å². The number of thiophene rings is 1. The summed E-state index contributed by atoms with van der Waals surface area (Å²) in [5, 5.41) is 2.03. The van der Waals surface area contributed by atoms with E-state index in [0.717, 1.165) is 12.8 Å². The molecule has 0 bridgehead atoms. The van der Waals surface area contributed by atoms with Crippen LogP contribution in [0.4, 0.5) is 4.79 Å². The fourth-order valence-electron chi connectivity index (χ4n) is 2.85. The van der Waals surface area contributed by atoms with E-state index in [0.29, 0.717) is 32.8 Å². The summed E-state index contributed by atoms with van der Waals surface area (Å²) in [5.74, 6) is 0.230. The van der Waals surface area contributed by atoms with Crippen molar-refractivity contribution in [3.8, 4) is 0 Å². The summed E-state index contributed by atoms with van der Waals surface area (Å²) in [6, 6.07) is 4.07. The maximum Gasteiger partial charge on any atom is 0.409 e. The van der Waals surface area contributed by atoms with Gasteiger partial charge >= 0.3 is 6.09 Å². The Bertz CT molecular complexity index is 517. The number of carbonyl (C=O) groups is 2. The molecule has 0 atom stereocenters. The number of amides is 2. The van der Waals surface area contributed by atoms with Crippen LogP contribution in [0.25, 0.3) is 0 Å². The van der Waals surface area contributed by atoms with Crippen molar-refractivity contribution < 1.29 is 14.3 Å². The van der Waals surface area contributed by atoms with E-state index in [1.807, 2.05) is 16.3 Å². The van der Waals surface area contributed by atoms with E-state index in [1.165, 1.54) is 4.88 Å². The first-order valence-corrected chi connectivity index (χ1v) is 8.30. The van der Waals surface area contributed by atoms with Gasteiger partial charge in [-0.15, -0.1) is 11.3 Å². The van der Waals surface area contributed by atoms with Crippen LogP contribution < -0.4 is 0 Å². The number of ether oxygens (including phenoxy) is 1. The molecule has 114 valence electrons. The summed E-state index contributed by atoms with van der Waals surface area (Å²) < 4.78 is 5.00. The van der Waals surface area contributed by atoms with Gasteiger partial charge in [0.25, 0.3) is 0 Å². The molecule has 2 heterocycles. The van der Waals surface area contributed by atoms with E-state index in [2.05, 4.69) is 6.07 Å². The van der Waals surface area contributed by atoms with Crippen molar-refractivity contribution in [1.82, 2.24) is 9.80 Å². The van der Waals surface area contributed by atoms with E-state index in [4.69, 9.17) is 4.74 Å². The zero-order valence-corrected chi connectivity index (χ0v) is 13.0. The maximum atomic E-state index is 12.8. The molecule has 0 radical (unpaired) electrons. The molecule has 2 aliphatic rings. The number of nitrogens with zero attached hydrogens (tertiary/aromatic N) is 2. The number of hydrogen-bond donors (Lipinski definition) is 0. The summed E-state index contributed by atoms with van der Waals surface area (Å²) >= 11 is 1.66. The first-order chi connectivity index (χ1) is 10.2. The van der Waals surface area contributed by atoms with Crippen molar-refractivity contribution >= 4 is 23.3 Å². The lowest BCUT2D eigenvalue weighted by Crippen LogP contribution is -2.53. The molecule has 5 nitrogen and oxygen atoms in total. The first-order valence-electron chi connectivity index (χ1n) is 7.42. The van der Waals surface area contributed by atoms with Crippen LogP contribution in [0.1, 0.15) is 24.6 Å². The summed E-state index contributed by atoms with van der Waals surface area (Å²) in [4.78, 5) is 29.2. The molecule has 1 aliphatic carbocycles. The molecule has 0 unspecified atom stereocenters. The quantitative estimate of drug-likeness (QED) is 0.859. The topological polar surface area (TPSA) is 49.9 Å². The minimum Gasteiger partial charge on any atom is -0.450 e. The van der Waals surface area contributed by atoms with Gasteiger partial charge in [0.15, 0.2) is 0 Å². The fourth-order valence-corrected chi connectivity index (χ4v) is 3.83. The molecule has 1 saturated heterocycles. The Morgan fingerprint density at radius 1 is 1.24 bits per heavy atom. The van der Waals surface area contributed by atoms with E-state index >= 15 is 0 Å². The minimum atomic E-state index is -0.274. The fraction of sp³-hybridized carbons (Fsp3) is 0.600. The standard InChI is InChI=1S/C15H20N2O3S/c1-2-20-14(19)17-9-7-16(8-10-17)13(18)15(5-6-15)12-4-3-11-21-12/h3-4,11H,2,5-10H2,1H3. The van der Waals surface area contributed by atoms with Gasteiger partial charge in [0.1, 0.15) is 0 Å². The lowest BCUT2D eigenvalue weighted by Gasteiger charge is -2.35. The number of piperazine rings is 1. The van der Waals surface area contributed by atoms with Gasteiger partial charge in [-0.1, -0.05) is 6.07 Å². The average molecular weight is 308 g/mol. The Morgan fingerprint density at radius 2 is 1.90 bits per heavy atom. The van der Waals surface area contributed by atoms with Crippen molar-refractivity contribution in [2.75, 3.05) is 32.8 Å². The molecule has 6 heteroatoms. The Labute approximate surface area is 128 Å². The molecule has 21 heavy (non-hydrogen) atoms. The van der Waals surface area contributed by atoms with Gasteiger partial charge in [-0.3, -0.25) is 4.79 Å². The van der Waals surface area contributed by atoms with Gasteiger partial charge in [0.2, 0.25) is 5.91 Å². The zero-order valence-electron chi connectivity index (χ0n) is 12.2. The normalized spacial score (nSPS) is 20.2. The molecular formula is C15H20N2O3S. The minimum absolute atomic E-state index is 0.230. The van der Waals surface area contributed by atoms with Crippen LogP contribution in [0, 0.1) is 0 Å². The van der Waals surface area contributed by atoms with Gasteiger partial charge in [0.05, 0.1) is 12.0 Å². The zero-order chi connectivity index (χ0) is 14.9. The Morgan fingerprint density at radius 3 is 2.43 bits per heavy atom. The first kappa shape index (κ1) is 14.4. The highest BCUT2D eigenvalue weighted by Crippen LogP contribution is 2.51. The predicted octanol–water partition coefficient (Wildman–Crippen LogP) is 2.08. The molecule has 1 aromatic heterocycles. The largest absolute Gasteiger partial charge is 0.450 e. The highest BCUT2D eigenvalue weighted by Gasteiger charge is 2.54. The van der Waals surface area contributed by atoms with Crippen LogP contribution in [0.2, 0.25) is 0 Å². The van der Waals surface area contributed by atoms with E-state index in [9.17, 15) is 9.59 Å². The van der Waals surface area contributed by atoms with Crippen molar-refractivity contribution in [1.29, 1.82) is 0 Å². The Hall–Kier alpha value is -1.56. The van der Waals surface area contributed by atoms with Gasteiger partial charge in [-0.05, 0) is 31.2 Å². The number of hydrogen-bond acceptors (Lipinski definition) is 4. The van der Waals surface area contributed by atoms with Crippen LogP contribution in [0.3, 0.4) is 0 Å². The second-order valence-electron chi connectivity index (χ2n) is 5.54. The molecule has 0 aromatic carbocycles. The van der Waals surface area contributed by atoms with Crippen molar-refractivity contribution in [2.24, 2.45) is 0 Å². The van der Waals surface area contributed by atoms with Gasteiger partial charge in [0, 0.05) is 31.1 Å². The monoisotopic (exact) mass is 308 g/mol. The maximum absolute atomic E-state index is 12.8. The molecule has 2 fully saturated rings. The molecule has 0 N–H and O–H groups in total. The third-order valence-electron chi connectivity index (χ3n) is 4.25. The SMILES string of the molecule is CCOC(=O)N1CCN(C(=O)C2(c3cccs3)CC2)CC1. The van der Waals surface area contributed by atoms with Crippen LogP contribution in [-0.2, 0) is 14.9 Å². The lowest BCUT2D eigenvalue weighted by atomic mass is 10.0. The van der Waals surface area contributed by atoms with Gasteiger partial charge < -0.3 is 14.5 Å². The number of carbonyl (C=O) groups excluding carboxylic acids is 2. The molecule has 1 aliphatic heterocycles. The average Bonchev–Trinajstić information content (AvgIpc) is 3.13. The Kier molecular flexibility index (Phi) is 3.89. The summed E-state index contributed by atoms with van der Waals surface area (Å²) in [6.07, 6.45) is 1.62. The van der Waals surface area contributed by atoms with E-state index in [-0.39, 0.29) is 17.4 Å². The van der Waals surface area contributed by atoms with E-state index < -0.39 is 0 Å². The van der Waals surface area contributed by atoms with Gasteiger partial charge in [-0.25, -0.2) is 4.79 Å². The number of rotatable bonds is 3. The highest BCUT2D eigenvalue weighted by atomic mass is 32.1. The van der Waals surface area contributed by atoms with Crippen molar-refractivity contribution in [3.63, 3.8) is 0 Å². The molecule has 1 aromatic rings. The second kappa shape index (κ2) is 5.67. The predicted molar refractivity (Wildman–Crippen MR) is 80.4 cm³/mol. The third kappa shape index (κ3) is 2.64. The highest BCUT2D eigenvalue weighted by molar-refractivity contribution is 7.10.